The van der Waals surface area contributed by atoms with Gasteiger partial charge in [0, 0.05) is 36.6 Å². The van der Waals surface area contributed by atoms with Crippen molar-refractivity contribution in [2.24, 2.45) is 0 Å². The highest BCUT2D eigenvalue weighted by Gasteiger charge is 2.44. The summed E-state index contributed by atoms with van der Waals surface area (Å²) in [4.78, 5) is 22.8. The minimum atomic E-state index is -0.453. The standard InChI is InChI=1S/C17H26N4O3/c1-11-13(12(2)20-16(18)19-11)10-15(23)21-7-5-17(6-8-21)14(22)4-3-9-24-17/h14,22H,3-10H2,1-2H3,(H2,18,19,20)/t14-/m0/s1. The second-order valence-corrected chi connectivity index (χ2v) is 6.86. The molecule has 0 aromatic carbocycles. The second kappa shape index (κ2) is 6.64. The number of hydrogen-bond donors (Lipinski definition) is 2. The molecule has 2 aliphatic rings. The van der Waals surface area contributed by atoms with Crippen molar-refractivity contribution in [3.8, 4) is 0 Å². The first-order valence-electron chi connectivity index (χ1n) is 8.61. The van der Waals surface area contributed by atoms with Gasteiger partial charge >= 0.3 is 0 Å². The number of rotatable bonds is 2. The van der Waals surface area contributed by atoms with Crippen LogP contribution in [0.3, 0.4) is 0 Å². The summed E-state index contributed by atoms with van der Waals surface area (Å²) in [7, 11) is 0. The molecular weight excluding hydrogens is 308 g/mol. The molecule has 2 aliphatic heterocycles. The van der Waals surface area contributed by atoms with E-state index in [0.29, 0.717) is 32.5 Å². The van der Waals surface area contributed by atoms with Crippen LogP contribution in [0.15, 0.2) is 0 Å². The van der Waals surface area contributed by atoms with E-state index in [1.165, 1.54) is 0 Å². The summed E-state index contributed by atoms with van der Waals surface area (Å²) in [5.41, 5.74) is 7.55. The number of nitrogens with two attached hydrogens (primary N) is 1. The van der Waals surface area contributed by atoms with E-state index in [1.54, 1.807) is 0 Å². The van der Waals surface area contributed by atoms with Gasteiger partial charge in [-0.25, -0.2) is 9.97 Å². The number of anilines is 1. The van der Waals surface area contributed by atoms with E-state index >= 15 is 0 Å². The number of aliphatic hydroxyl groups is 1. The molecule has 2 saturated heterocycles. The third-order valence-electron chi connectivity index (χ3n) is 5.35. The van der Waals surface area contributed by atoms with Crippen LogP contribution in [0.4, 0.5) is 5.95 Å². The predicted molar refractivity (Wildman–Crippen MR) is 89.4 cm³/mol. The first-order valence-corrected chi connectivity index (χ1v) is 8.61. The highest BCUT2D eigenvalue weighted by Crippen LogP contribution is 2.35. The van der Waals surface area contributed by atoms with Gasteiger partial charge in [0.15, 0.2) is 0 Å². The maximum absolute atomic E-state index is 12.6. The lowest BCUT2D eigenvalue weighted by Crippen LogP contribution is -2.56. The lowest BCUT2D eigenvalue weighted by Gasteiger charge is -2.46. The Balaban J connectivity index is 1.64. The van der Waals surface area contributed by atoms with Crippen molar-refractivity contribution < 1.29 is 14.6 Å². The van der Waals surface area contributed by atoms with Gasteiger partial charge in [-0.05, 0) is 39.5 Å². The van der Waals surface area contributed by atoms with Gasteiger partial charge in [-0.15, -0.1) is 0 Å². The first-order chi connectivity index (χ1) is 11.4. The van der Waals surface area contributed by atoms with Gasteiger partial charge in [0.1, 0.15) is 0 Å². The molecule has 0 radical (unpaired) electrons. The summed E-state index contributed by atoms with van der Waals surface area (Å²) in [6, 6.07) is 0. The van der Waals surface area contributed by atoms with Crippen molar-refractivity contribution in [1.29, 1.82) is 0 Å². The van der Waals surface area contributed by atoms with Crippen molar-refractivity contribution in [2.45, 2.75) is 57.7 Å². The number of hydrogen-bond acceptors (Lipinski definition) is 6. The Kier molecular flexibility index (Phi) is 4.73. The summed E-state index contributed by atoms with van der Waals surface area (Å²) in [5.74, 6) is 0.305. The van der Waals surface area contributed by atoms with Gasteiger partial charge in [0.25, 0.3) is 0 Å². The summed E-state index contributed by atoms with van der Waals surface area (Å²) < 4.78 is 5.89. The lowest BCUT2D eigenvalue weighted by molar-refractivity contribution is -0.179. The van der Waals surface area contributed by atoms with Gasteiger partial charge in [-0.1, -0.05) is 0 Å². The van der Waals surface area contributed by atoms with Crippen molar-refractivity contribution in [3.63, 3.8) is 0 Å². The molecule has 1 atom stereocenters. The summed E-state index contributed by atoms with van der Waals surface area (Å²) in [6.07, 6.45) is 2.94. The molecule has 1 aromatic rings. The van der Waals surface area contributed by atoms with Crippen LogP contribution in [-0.2, 0) is 16.0 Å². The highest BCUT2D eigenvalue weighted by atomic mass is 16.5. The van der Waals surface area contributed by atoms with Crippen molar-refractivity contribution in [1.82, 2.24) is 14.9 Å². The number of nitrogen functional groups attached to an aromatic ring is 1. The van der Waals surface area contributed by atoms with E-state index < -0.39 is 11.7 Å². The predicted octanol–water partition coefficient (Wildman–Crippen LogP) is 0.751. The van der Waals surface area contributed by atoms with E-state index in [4.69, 9.17) is 10.5 Å². The molecule has 24 heavy (non-hydrogen) atoms. The molecule has 3 heterocycles. The lowest BCUT2D eigenvalue weighted by atomic mass is 9.82. The second-order valence-electron chi connectivity index (χ2n) is 6.86. The van der Waals surface area contributed by atoms with Crippen molar-refractivity contribution >= 4 is 11.9 Å². The Morgan fingerprint density at radius 1 is 1.33 bits per heavy atom. The fourth-order valence-corrected chi connectivity index (χ4v) is 3.81. The number of aryl methyl sites for hydroxylation is 2. The molecule has 0 unspecified atom stereocenters. The van der Waals surface area contributed by atoms with Crippen molar-refractivity contribution in [2.75, 3.05) is 25.4 Å². The Hall–Kier alpha value is -1.73. The molecule has 0 bridgehead atoms. The number of carbonyl (C=O) groups excluding carboxylic acids is 1. The van der Waals surface area contributed by atoms with E-state index in [1.807, 2.05) is 18.7 Å². The Morgan fingerprint density at radius 3 is 2.54 bits per heavy atom. The summed E-state index contributed by atoms with van der Waals surface area (Å²) >= 11 is 0. The van der Waals surface area contributed by atoms with Gasteiger partial charge in [-0.2, -0.15) is 0 Å². The third-order valence-corrected chi connectivity index (χ3v) is 5.35. The van der Waals surface area contributed by atoms with Crippen LogP contribution in [-0.4, -0.2) is 57.3 Å². The number of aliphatic hydroxyl groups excluding tert-OH is 1. The van der Waals surface area contributed by atoms with Crippen molar-refractivity contribution in [3.05, 3.63) is 17.0 Å². The molecule has 2 fully saturated rings. The largest absolute Gasteiger partial charge is 0.390 e. The molecule has 7 nitrogen and oxygen atoms in total. The average molecular weight is 334 g/mol. The van der Waals surface area contributed by atoms with Crippen LogP contribution in [0, 0.1) is 13.8 Å². The molecular formula is C17H26N4O3. The van der Waals surface area contributed by atoms with E-state index in [2.05, 4.69) is 9.97 Å². The molecule has 0 aliphatic carbocycles. The molecule has 3 rings (SSSR count). The molecule has 1 spiro atoms. The van der Waals surface area contributed by atoms with Gasteiger partial charge < -0.3 is 20.5 Å². The number of piperidine rings is 1. The number of amides is 1. The zero-order valence-electron chi connectivity index (χ0n) is 14.4. The maximum atomic E-state index is 12.6. The molecule has 1 aromatic heterocycles. The number of carbonyl (C=O) groups is 1. The Morgan fingerprint density at radius 2 is 1.96 bits per heavy atom. The zero-order chi connectivity index (χ0) is 17.3. The van der Waals surface area contributed by atoms with Crippen LogP contribution in [0.25, 0.3) is 0 Å². The maximum Gasteiger partial charge on any atom is 0.227 e. The van der Waals surface area contributed by atoms with Gasteiger partial charge in [-0.3, -0.25) is 4.79 Å². The van der Waals surface area contributed by atoms with E-state index in [0.717, 1.165) is 29.8 Å². The fourth-order valence-electron chi connectivity index (χ4n) is 3.81. The van der Waals surface area contributed by atoms with Crippen LogP contribution in [0.1, 0.15) is 42.6 Å². The SMILES string of the molecule is Cc1nc(N)nc(C)c1CC(=O)N1CCC2(CC1)OCCC[C@@H]2O. The number of ether oxygens (including phenoxy) is 1. The fraction of sp³-hybridized carbons (Fsp3) is 0.706. The van der Waals surface area contributed by atoms with Gasteiger partial charge in [0.05, 0.1) is 18.1 Å². The van der Waals surface area contributed by atoms with Crippen LogP contribution in [0.5, 0.6) is 0 Å². The zero-order valence-corrected chi connectivity index (χ0v) is 14.4. The first kappa shape index (κ1) is 17.1. The van der Waals surface area contributed by atoms with Crippen LogP contribution < -0.4 is 5.73 Å². The number of likely N-dealkylation sites (tertiary alicyclic amines) is 1. The highest BCUT2D eigenvalue weighted by molar-refractivity contribution is 5.79. The molecule has 3 N–H and O–H groups in total. The van der Waals surface area contributed by atoms with Gasteiger partial charge in [0.2, 0.25) is 11.9 Å². The third kappa shape index (κ3) is 3.23. The Bertz CT molecular complexity index is 603. The number of nitrogens with zero attached hydrogens (tertiary/aromatic N) is 3. The molecule has 7 heteroatoms. The van der Waals surface area contributed by atoms with Crippen LogP contribution in [0.2, 0.25) is 0 Å². The van der Waals surface area contributed by atoms with E-state index in [9.17, 15) is 9.90 Å². The topological polar surface area (TPSA) is 102 Å². The average Bonchev–Trinajstić information content (AvgIpc) is 2.54. The Labute approximate surface area is 142 Å². The van der Waals surface area contributed by atoms with E-state index in [-0.39, 0.29) is 18.3 Å². The summed E-state index contributed by atoms with van der Waals surface area (Å²) in [6.45, 7) is 5.63. The monoisotopic (exact) mass is 334 g/mol. The smallest absolute Gasteiger partial charge is 0.227 e. The number of aromatic nitrogens is 2. The minimum Gasteiger partial charge on any atom is -0.390 e. The minimum absolute atomic E-state index is 0.0646. The quantitative estimate of drug-likeness (QED) is 0.827. The summed E-state index contributed by atoms with van der Waals surface area (Å²) in [5, 5.41) is 10.3. The van der Waals surface area contributed by atoms with Crippen LogP contribution >= 0.6 is 0 Å². The molecule has 1 amide bonds. The normalized spacial score (nSPS) is 23.5. The molecule has 0 saturated carbocycles. The molecule has 132 valence electrons.